The fourth-order valence-electron chi connectivity index (χ4n) is 2.57. The van der Waals surface area contributed by atoms with Gasteiger partial charge in [0.05, 0.1) is 19.3 Å². The Morgan fingerprint density at radius 2 is 2.09 bits per heavy atom. The van der Waals surface area contributed by atoms with Crippen LogP contribution in [-0.4, -0.2) is 48.6 Å². The molecule has 6 heteroatoms. The molecule has 22 heavy (non-hydrogen) atoms. The Labute approximate surface area is 133 Å². The Morgan fingerprint density at radius 1 is 1.32 bits per heavy atom. The van der Waals surface area contributed by atoms with E-state index in [1.807, 2.05) is 0 Å². The number of carbonyl (C=O) groups is 1. The van der Waals surface area contributed by atoms with E-state index in [1.54, 1.807) is 35.9 Å². The molecule has 1 fully saturated rings. The molecule has 0 aliphatic carbocycles. The largest absolute Gasteiger partial charge is 0.379 e. The maximum absolute atomic E-state index is 12.2. The van der Waals surface area contributed by atoms with Gasteiger partial charge in [-0.2, -0.15) is 0 Å². The van der Waals surface area contributed by atoms with Crippen molar-refractivity contribution in [2.75, 3.05) is 32.8 Å². The van der Waals surface area contributed by atoms with Crippen molar-refractivity contribution in [1.82, 2.24) is 15.2 Å². The van der Waals surface area contributed by atoms with Crippen molar-refractivity contribution >= 4 is 17.2 Å². The molecule has 0 bridgehead atoms. The van der Waals surface area contributed by atoms with Crippen LogP contribution in [0.1, 0.15) is 21.3 Å². The van der Waals surface area contributed by atoms with E-state index in [0.29, 0.717) is 12.1 Å². The summed E-state index contributed by atoms with van der Waals surface area (Å²) in [6.45, 7) is 3.89. The van der Waals surface area contributed by atoms with Crippen LogP contribution in [0.3, 0.4) is 0 Å². The Bertz CT molecular complexity index is 583. The Kier molecular flexibility index (Phi) is 5.15. The lowest BCUT2D eigenvalue weighted by Crippen LogP contribution is -2.43. The first-order valence-electron chi connectivity index (χ1n) is 7.38. The van der Waals surface area contributed by atoms with Gasteiger partial charge in [-0.3, -0.25) is 14.7 Å². The second kappa shape index (κ2) is 7.49. The van der Waals surface area contributed by atoms with Crippen LogP contribution in [0, 0.1) is 0 Å². The van der Waals surface area contributed by atoms with Crippen molar-refractivity contribution in [3.8, 4) is 0 Å². The average molecular weight is 317 g/mol. The molecule has 0 saturated carbocycles. The summed E-state index contributed by atoms with van der Waals surface area (Å²) in [4.78, 5) is 19.8. The number of ether oxygens (including phenoxy) is 1. The fourth-order valence-corrected chi connectivity index (χ4v) is 3.44. The number of thiophene rings is 1. The quantitative estimate of drug-likeness (QED) is 0.916. The van der Waals surface area contributed by atoms with Crippen LogP contribution in [0.5, 0.6) is 0 Å². The molecule has 1 aliphatic rings. The molecule has 1 amide bonds. The zero-order chi connectivity index (χ0) is 15.2. The van der Waals surface area contributed by atoms with Gasteiger partial charge in [0.25, 0.3) is 5.91 Å². The van der Waals surface area contributed by atoms with E-state index in [4.69, 9.17) is 4.74 Å². The van der Waals surface area contributed by atoms with E-state index in [0.717, 1.165) is 26.3 Å². The monoisotopic (exact) mass is 317 g/mol. The molecule has 0 spiro atoms. The number of nitrogens with zero attached hydrogens (tertiary/aromatic N) is 2. The second-order valence-electron chi connectivity index (χ2n) is 5.13. The molecule has 1 aliphatic heterocycles. The van der Waals surface area contributed by atoms with Crippen LogP contribution < -0.4 is 5.32 Å². The number of hydrogen-bond acceptors (Lipinski definition) is 5. The number of hydrogen-bond donors (Lipinski definition) is 1. The number of carbonyl (C=O) groups excluding carboxylic acids is 1. The standard InChI is InChI=1S/C16H19N3O2S/c20-16(13-3-5-17-6-4-13)18-12-14(15-2-1-11-22-15)19-7-9-21-10-8-19/h1-6,11,14H,7-10,12H2,(H,18,20). The molecule has 5 nitrogen and oxygen atoms in total. The number of amides is 1. The van der Waals surface area contributed by atoms with E-state index >= 15 is 0 Å². The first-order chi connectivity index (χ1) is 10.8. The predicted molar refractivity (Wildman–Crippen MR) is 86.0 cm³/mol. The highest BCUT2D eigenvalue weighted by Gasteiger charge is 2.24. The number of pyridine rings is 1. The summed E-state index contributed by atoms with van der Waals surface area (Å²) in [7, 11) is 0. The summed E-state index contributed by atoms with van der Waals surface area (Å²) in [5.41, 5.74) is 0.641. The van der Waals surface area contributed by atoms with Crippen LogP contribution in [0.2, 0.25) is 0 Å². The topological polar surface area (TPSA) is 54.5 Å². The van der Waals surface area contributed by atoms with Crippen LogP contribution in [0.15, 0.2) is 42.0 Å². The lowest BCUT2D eigenvalue weighted by Gasteiger charge is -2.34. The van der Waals surface area contributed by atoms with Crippen molar-refractivity contribution in [2.24, 2.45) is 0 Å². The molecule has 1 unspecified atom stereocenters. The minimum Gasteiger partial charge on any atom is -0.379 e. The number of nitrogens with one attached hydrogen (secondary N) is 1. The number of rotatable bonds is 5. The van der Waals surface area contributed by atoms with Crippen molar-refractivity contribution < 1.29 is 9.53 Å². The molecule has 2 aromatic heterocycles. The first-order valence-corrected chi connectivity index (χ1v) is 8.26. The summed E-state index contributed by atoms with van der Waals surface area (Å²) in [6, 6.07) is 7.84. The third-order valence-electron chi connectivity index (χ3n) is 3.76. The third kappa shape index (κ3) is 3.71. The minimum absolute atomic E-state index is 0.0581. The molecule has 0 radical (unpaired) electrons. The van der Waals surface area contributed by atoms with E-state index < -0.39 is 0 Å². The molecule has 1 saturated heterocycles. The maximum atomic E-state index is 12.2. The van der Waals surface area contributed by atoms with Gasteiger partial charge < -0.3 is 10.1 Å². The molecule has 1 N–H and O–H groups in total. The van der Waals surface area contributed by atoms with Gasteiger partial charge in [-0.25, -0.2) is 0 Å². The fraction of sp³-hybridized carbons (Fsp3) is 0.375. The van der Waals surface area contributed by atoms with Gasteiger partial charge in [-0.1, -0.05) is 6.07 Å². The van der Waals surface area contributed by atoms with Gasteiger partial charge in [0, 0.05) is 42.5 Å². The van der Waals surface area contributed by atoms with Crippen LogP contribution >= 0.6 is 11.3 Å². The second-order valence-corrected chi connectivity index (χ2v) is 6.10. The van der Waals surface area contributed by atoms with Crippen molar-refractivity contribution in [3.05, 3.63) is 52.5 Å². The van der Waals surface area contributed by atoms with E-state index in [1.165, 1.54) is 4.88 Å². The van der Waals surface area contributed by atoms with E-state index in [9.17, 15) is 4.79 Å². The minimum atomic E-state index is -0.0581. The summed E-state index contributed by atoms with van der Waals surface area (Å²) in [6.07, 6.45) is 3.27. The lowest BCUT2D eigenvalue weighted by molar-refractivity contribution is 0.0169. The number of aromatic nitrogens is 1. The molecule has 1 atom stereocenters. The maximum Gasteiger partial charge on any atom is 0.251 e. The number of morpholine rings is 1. The highest BCUT2D eigenvalue weighted by atomic mass is 32.1. The van der Waals surface area contributed by atoms with Crippen LogP contribution in [-0.2, 0) is 4.74 Å². The van der Waals surface area contributed by atoms with Gasteiger partial charge in [0.1, 0.15) is 0 Å². The molecule has 3 heterocycles. The van der Waals surface area contributed by atoms with Gasteiger partial charge >= 0.3 is 0 Å². The summed E-state index contributed by atoms with van der Waals surface area (Å²) in [5, 5.41) is 5.12. The summed E-state index contributed by atoms with van der Waals surface area (Å²) < 4.78 is 5.43. The van der Waals surface area contributed by atoms with E-state index in [2.05, 4.69) is 32.7 Å². The Morgan fingerprint density at radius 3 is 2.77 bits per heavy atom. The molecule has 2 aromatic rings. The molecule has 3 rings (SSSR count). The Balaban J connectivity index is 1.66. The highest BCUT2D eigenvalue weighted by Crippen LogP contribution is 2.25. The smallest absolute Gasteiger partial charge is 0.251 e. The predicted octanol–water partition coefficient (Wildman–Crippen LogP) is 1.95. The molecule has 116 valence electrons. The van der Waals surface area contributed by atoms with Crippen LogP contribution in [0.4, 0.5) is 0 Å². The third-order valence-corrected chi connectivity index (χ3v) is 4.73. The molecular weight excluding hydrogens is 298 g/mol. The summed E-state index contributed by atoms with van der Waals surface area (Å²) >= 11 is 1.73. The molecule has 0 aromatic carbocycles. The van der Waals surface area contributed by atoms with Crippen LogP contribution in [0.25, 0.3) is 0 Å². The highest BCUT2D eigenvalue weighted by molar-refractivity contribution is 7.10. The van der Waals surface area contributed by atoms with Crippen molar-refractivity contribution in [3.63, 3.8) is 0 Å². The normalized spacial score (nSPS) is 17.1. The van der Waals surface area contributed by atoms with Gasteiger partial charge in [-0.05, 0) is 23.6 Å². The Hall–Kier alpha value is -1.76. The van der Waals surface area contributed by atoms with E-state index in [-0.39, 0.29) is 11.9 Å². The van der Waals surface area contributed by atoms with Gasteiger partial charge in [0.2, 0.25) is 0 Å². The van der Waals surface area contributed by atoms with Crippen molar-refractivity contribution in [1.29, 1.82) is 0 Å². The SMILES string of the molecule is O=C(NCC(c1cccs1)N1CCOCC1)c1ccncc1. The van der Waals surface area contributed by atoms with Crippen molar-refractivity contribution in [2.45, 2.75) is 6.04 Å². The summed E-state index contributed by atoms with van der Waals surface area (Å²) in [5.74, 6) is -0.0581. The van der Waals surface area contributed by atoms with Gasteiger partial charge in [-0.15, -0.1) is 11.3 Å². The average Bonchev–Trinajstić information content (AvgIpc) is 3.11. The molecular formula is C16H19N3O2S. The lowest BCUT2D eigenvalue weighted by atomic mass is 10.1. The zero-order valence-electron chi connectivity index (χ0n) is 12.3. The first kappa shape index (κ1) is 15.1. The van der Waals surface area contributed by atoms with Gasteiger partial charge in [0.15, 0.2) is 0 Å². The zero-order valence-corrected chi connectivity index (χ0v) is 13.1.